The van der Waals surface area contributed by atoms with Crippen molar-refractivity contribution in [3.05, 3.63) is 35.4 Å². The number of carbonyl (C=O) groups excluding carboxylic acids is 1. The summed E-state index contributed by atoms with van der Waals surface area (Å²) in [6, 6.07) is 8.45. The quantitative estimate of drug-likeness (QED) is 0.882. The Bertz CT molecular complexity index is 427. The number of amides is 1. The van der Waals surface area contributed by atoms with E-state index in [0.29, 0.717) is 0 Å². The maximum Gasteiger partial charge on any atom is 0.241 e. The van der Waals surface area contributed by atoms with Crippen molar-refractivity contribution in [1.82, 2.24) is 10.2 Å². The van der Waals surface area contributed by atoms with Gasteiger partial charge in [0.25, 0.3) is 0 Å². The van der Waals surface area contributed by atoms with Gasteiger partial charge in [-0.25, -0.2) is 0 Å². The molecule has 1 aliphatic rings. The lowest BCUT2D eigenvalue weighted by atomic mass is 10.1. The highest BCUT2D eigenvalue weighted by atomic mass is 16.2. The maximum atomic E-state index is 12.4. The lowest BCUT2D eigenvalue weighted by Crippen LogP contribution is -2.31. The van der Waals surface area contributed by atoms with Crippen LogP contribution < -0.4 is 5.32 Å². The molecule has 0 radical (unpaired) electrons. The average Bonchev–Trinajstić information content (AvgIpc) is 2.70. The topological polar surface area (TPSA) is 32.3 Å². The molecule has 1 fully saturated rings. The Balaban J connectivity index is 2.21. The lowest BCUT2D eigenvalue weighted by molar-refractivity contribution is -0.130. The van der Waals surface area contributed by atoms with Crippen LogP contribution in [0.5, 0.6) is 0 Å². The number of rotatable bonds is 5. The summed E-state index contributed by atoms with van der Waals surface area (Å²) in [5.74, 6) is 0.259. The van der Waals surface area contributed by atoms with Crippen LogP contribution in [0.25, 0.3) is 0 Å². The fourth-order valence-corrected chi connectivity index (χ4v) is 2.68. The van der Waals surface area contributed by atoms with Gasteiger partial charge in [0.15, 0.2) is 0 Å². The Kier molecular flexibility index (Phi) is 4.59. The van der Waals surface area contributed by atoms with E-state index in [2.05, 4.69) is 50.4 Å². The first-order chi connectivity index (χ1) is 9.17. The summed E-state index contributed by atoms with van der Waals surface area (Å²) in [4.78, 5) is 14.4. The maximum absolute atomic E-state index is 12.4. The Labute approximate surface area is 116 Å². The number of carbonyl (C=O) groups is 1. The summed E-state index contributed by atoms with van der Waals surface area (Å²) in [6.45, 7) is 7.15. The van der Waals surface area contributed by atoms with Crippen LogP contribution in [0.3, 0.4) is 0 Å². The van der Waals surface area contributed by atoms with Crippen LogP contribution in [-0.4, -0.2) is 23.4 Å². The number of aryl methyl sites for hydroxylation is 1. The minimum atomic E-state index is -0.0112. The highest BCUT2D eigenvalue weighted by molar-refractivity contribution is 5.84. The van der Waals surface area contributed by atoms with Gasteiger partial charge in [-0.1, -0.05) is 50.1 Å². The molecule has 0 spiro atoms. The summed E-state index contributed by atoms with van der Waals surface area (Å²) in [6.07, 6.45) is 2.99. The molecule has 2 atom stereocenters. The molecule has 1 N–H and O–H groups in total. The molecule has 3 heteroatoms. The molecule has 0 bridgehead atoms. The third-order valence-corrected chi connectivity index (χ3v) is 3.69. The van der Waals surface area contributed by atoms with Gasteiger partial charge >= 0.3 is 0 Å². The molecule has 3 nitrogen and oxygen atoms in total. The molecular formula is C16H24N2O. The van der Waals surface area contributed by atoms with Crippen LogP contribution in [0.15, 0.2) is 24.3 Å². The van der Waals surface area contributed by atoms with Crippen molar-refractivity contribution in [2.24, 2.45) is 0 Å². The minimum Gasteiger partial charge on any atom is -0.322 e. The third kappa shape index (κ3) is 2.98. The highest BCUT2D eigenvalue weighted by Gasteiger charge is 2.38. The fraction of sp³-hybridized carbons (Fsp3) is 0.562. The van der Waals surface area contributed by atoms with Gasteiger partial charge in [-0.3, -0.25) is 10.1 Å². The summed E-state index contributed by atoms with van der Waals surface area (Å²) >= 11 is 0. The first-order valence-corrected chi connectivity index (χ1v) is 7.30. The number of benzene rings is 1. The summed E-state index contributed by atoms with van der Waals surface area (Å²) in [5.41, 5.74) is 2.44. The van der Waals surface area contributed by atoms with Crippen molar-refractivity contribution < 1.29 is 4.79 Å². The van der Waals surface area contributed by atoms with Gasteiger partial charge in [0.05, 0.1) is 6.04 Å². The first-order valence-electron chi connectivity index (χ1n) is 7.30. The zero-order chi connectivity index (χ0) is 13.8. The van der Waals surface area contributed by atoms with Crippen LogP contribution >= 0.6 is 0 Å². The summed E-state index contributed by atoms with van der Waals surface area (Å²) in [5, 5.41) is 3.49. The Morgan fingerprint density at radius 3 is 2.42 bits per heavy atom. The number of hydrogen-bond donors (Lipinski definition) is 1. The first kappa shape index (κ1) is 14.1. The SMILES string of the molecule is CCCC1NC(c2ccc(C)cc2)N(CCC)C1=O. The monoisotopic (exact) mass is 260 g/mol. The van der Waals surface area contributed by atoms with E-state index in [4.69, 9.17) is 0 Å². The Morgan fingerprint density at radius 1 is 1.16 bits per heavy atom. The third-order valence-electron chi connectivity index (χ3n) is 3.69. The zero-order valence-electron chi connectivity index (χ0n) is 12.1. The van der Waals surface area contributed by atoms with Gasteiger partial charge in [-0.2, -0.15) is 0 Å². The molecule has 1 aromatic rings. The van der Waals surface area contributed by atoms with Crippen molar-refractivity contribution >= 4 is 5.91 Å². The molecule has 0 aliphatic carbocycles. The normalized spacial score (nSPS) is 23.1. The van der Waals surface area contributed by atoms with Crippen molar-refractivity contribution in [3.8, 4) is 0 Å². The predicted molar refractivity (Wildman–Crippen MR) is 77.8 cm³/mol. The van der Waals surface area contributed by atoms with E-state index in [-0.39, 0.29) is 18.1 Å². The van der Waals surface area contributed by atoms with Gasteiger partial charge in [-0.15, -0.1) is 0 Å². The second kappa shape index (κ2) is 6.20. The van der Waals surface area contributed by atoms with Gasteiger partial charge in [0.2, 0.25) is 5.91 Å². The van der Waals surface area contributed by atoms with Crippen LogP contribution in [0.2, 0.25) is 0 Å². The molecule has 19 heavy (non-hydrogen) atoms. The lowest BCUT2D eigenvalue weighted by Gasteiger charge is -2.24. The van der Waals surface area contributed by atoms with Crippen molar-refractivity contribution in [3.63, 3.8) is 0 Å². The largest absolute Gasteiger partial charge is 0.322 e. The molecule has 104 valence electrons. The van der Waals surface area contributed by atoms with E-state index in [9.17, 15) is 4.79 Å². The van der Waals surface area contributed by atoms with Gasteiger partial charge in [0, 0.05) is 6.54 Å². The number of nitrogens with one attached hydrogen (secondary N) is 1. The minimum absolute atomic E-state index is 0.0112. The molecule has 1 aromatic carbocycles. The van der Waals surface area contributed by atoms with E-state index in [1.54, 1.807) is 0 Å². The smallest absolute Gasteiger partial charge is 0.241 e. The van der Waals surface area contributed by atoms with Crippen molar-refractivity contribution in [2.75, 3.05) is 6.54 Å². The fourth-order valence-electron chi connectivity index (χ4n) is 2.68. The molecular weight excluding hydrogens is 236 g/mol. The highest BCUT2D eigenvalue weighted by Crippen LogP contribution is 2.27. The summed E-state index contributed by atoms with van der Waals surface area (Å²) < 4.78 is 0. The molecule has 0 aromatic heterocycles. The Morgan fingerprint density at radius 2 is 1.84 bits per heavy atom. The second-order valence-electron chi connectivity index (χ2n) is 5.35. The average molecular weight is 260 g/mol. The van der Waals surface area contributed by atoms with Gasteiger partial charge in [-0.05, 0) is 25.3 Å². The molecule has 1 amide bonds. The predicted octanol–water partition coefficient (Wildman–Crippen LogP) is 3.00. The van der Waals surface area contributed by atoms with Crippen LogP contribution in [0.1, 0.15) is 50.4 Å². The number of nitrogens with zero attached hydrogens (tertiary/aromatic N) is 1. The van der Waals surface area contributed by atoms with E-state index < -0.39 is 0 Å². The summed E-state index contributed by atoms with van der Waals surface area (Å²) in [7, 11) is 0. The molecule has 2 unspecified atom stereocenters. The molecule has 1 aliphatic heterocycles. The van der Waals surface area contributed by atoms with Gasteiger partial charge < -0.3 is 4.90 Å². The van der Waals surface area contributed by atoms with Crippen LogP contribution in [-0.2, 0) is 4.79 Å². The van der Waals surface area contributed by atoms with Gasteiger partial charge in [0.1, 0.15) is 6.17 Å². The van der Waals surface area contributed by atoms with Crippen LogP contribution in [0.4, 0.5) is 0 Å². The molecule has 1 heterocycles. The Hall–Kier alpha value is -1.35. The van der Waals surface area contributed by atoms with Crippen molar-refractivity contribution in [1.29, 1.82) is 0 Å². The van der Waals surface area contributed by atoms with E-state index in [0.717, 1.165) is 25.8 Å². The molecule has 1 saturated heterocycles. The standard InChI is InChI=1S/C16H24N2O/c1-4-6-14-16(19)18(11-5-2)15(17-14)13-9-7-12(3)8-10-13/h7-10,14-15,17H,4-6,11H2,1-3H3. The second-order valence-corrected chi connectivity index (χ2v) is 5.35. The van der Waals surface area contributed by atoms with E-state index in [1.807, 2.05) is 4.90 Å². The van der Waals surface area contributed by atoms with Crippen LogP contribution in [0, 0.1) is 6.92 Å². The molecule has 0 saturated carbocycles. The van der Waals surface area contributed by atoms with E-state index in [1.165, 1.54) is 11.1 Å². The van der Waals surface area contributed by atoms with Crippen molar-refractivity contribution in [2.45, 2.75) is 52.2 Å². The zero-order valence-corrected chi connectivity index (χ0v) is 12.1. The number of hydrogen-bond acceptors (Lipinski definition) is 2. The van der Waals surface area contributed by atoms with E-state index >= 15 is 0 Å². The molecule has 2 rings (SSSR count).